The molecule has 1 aromatic heterocycles. The molecule has 0 aliphatic rings. The lowest BCUT2D eigenvalue weighted by molar-refractivity contribution is 0.475. The average molecular weight is 277 g/mol. The first kappa shape index (κ1) is 13.8. The van der Waals surface area contributed by atoms with Gasteiger partial charge in [-0.25, -0.2) is 0 Å². The summed E-state index contributed by atoms with van der Waals surface area (Å²) in [5.74, 6) is 0.423. The molecular formula is C14H19N3OS. The summed E-state index contributed by atoms with van der Waals surface area (Å²) in [5, 5.41) is 4.46. The van der Waals surface area contributed by atoms with E-state index in [0.717, 1.165) is 17.0 Å². The summed E-state index contributed by atoms with van der Waals surface area (Å²) in [7, 11) is -1.10. The largest absolute Gasteiger partial charge is 0.399 e. The van der Waals surface area contributed by atoms with Gasteiger partial charge < -0.3 is 5.73 Å². The van der Waals surface area contributed by atoms with Crippen LogP contribution in [0.2, 0.25) is 0 Å². The van der Waals surface area contributed by atoms with Crippen molar-refractivity contribution in [2.75, 3.05) is 5.73 Å². The lowest BCUT2D eigenvalue weighted by atomic mass is 10.3. The average Bonchev–Trinajstić information content (AvgIpc) is 2.86. The van der Waals surface area contributed by atoms with Gasteiger partial charge in [0.25, 0.3) is 0 Å². The number of benzene rings is 1. The molecule has 0 amide bonds. The summed E-state index contributed by atoms with van der Waals surface area (Å²) in [6.07, 6.45) is 2.97. The van der Waals surface area contributed by atoms with E-state index >= 15 is 0 Å². The summed E-state index contributed by atoms with van der Waals surface area (Å²) < 4.78 is 14.1. The van der Waals surface area contributed by atoms with Gasteiger partial charge in [-0.3, -0.25) is 8.89 Å². The molecule has 5 heteroatoms. The van der Waals surface area contributed by atoms with Gasteiger partial charge in [-0.15, -0.1) is 0 Å². The minimum absolute atomic E-state index is 0.370. The zero-order valence-corrected chi connectivity index (χ0v) is 12.1. The molecule has 0 aliphatic heterocycles. The van der Waals surface area contributed by atoms with E-state index in [0.29, 0.717) is 17.5 Å². The smallest absolute Gasteiger partial charge is 0.0753 e. The Kier molecular flexibility index (Phi) is 4.37. The van der Waals surface area contributed by atoms with Gasteiger partial charge in [0.2, 0.25) is 0 Å². The van der Waals surface area contributed by atoms with E-state index in [1.165, 1.54) is 0 Å². The third-order valence-electron chi connectivity index (χ3n) is 3.11. The summed E-state index contributed by atoms with van der Waals surface area (Å²) in [5.41, 5.74) is 7.18. The number of rotatable bonds is 5. The van der Waals surface area contributed by atoms with Crippen molar-refractivity contribution in [1.29, 1.82) is 0 Å². The number of hydrogen-bond acceptors (Lipinski definition) is 3. The third kappa shape index (κ3) is 3.44. The first-order valence-electron chi connectivity index (χ1n) is 6.38. The fourth-order valence-corrected chi connectivity index (χ4v) is 2.85. The van der Waals surface area contributed by atoms with Crippen molar-refractivity contribution in [2.45, 2.75) is 37.0 Å². The fraction of sp³-hybridized carbons (Fsp3) is 0.357. The summed E-state index contributed by atoms with van der Waals surface area (Å²) in [6.45, 7) is 4.24. The Bertz CT molecular complexity index is 580. The quantitative estimate of drug-likeness (QED) is 0.855. The van der Waals surface area contributed by atoms with E-state index in [9.17, 15) is 4.21 Å². The second-order valence-electron chi connectivity index (χ2n) is 4.61. The van der Waals surface area contributed by atoms with E-state index in [1.54, 1.807) is 12.1 Å². The minimum atomic E-state index is -1.10. The molecule has 102 valence electrons. The van der Waals surface area contributed by atoms with Crippen LogP contribution < -0.4 is 5.73 Å². The molecule has 0 saturated carbocycles. The highest BCUT2D eigenvalue weighted by Gasteiger charge is 2.09. The normalized spacial score (nSPS) is 14.2. The molecule has 19 heavy (non-hydrogen) atoms. The Hall–Kier alpha value is -1.62. The maximum Gasteiger partial charge on any atom is 0.0753 e. The number of nitrogen functional groups attached to an aromatic ring is 1. The van der Waals surface area contributed by atoms with E-state index in [-0.39, 0.29) is 0 Å². The van der Waals surface area contributed by atoms with Gasteiger partial charge in [0, 0.05) is 22.8 Å². The van der Waals surface area contributed by atoms with E-state index in [1.807, 2.05) is 29.1 Å². The van der Waals surface area contributed by atoms with Crippen LogP contribution in [0.25, 0.3) is 0 Å². The van der Waals surface area contributed by atoms with Gasteiger partial charge in [0.05, 0.1) is 22.2 Å². The topological polar surface area (TPSA) is 60.9 Å². The van der Waals surface area contributed by atoms with E-state index in [4.69, 9.17) is 5.73 Å². The molecule has 2 atom stereocenters. The van der Waals surface area contributed by atoms with Gasteiger partial charge >= 0.3 is 0 Å². The van der Waals surface area contributed by atoms with Crippen molar-refractivity contribution in [3.8, 4) is 0 Å². The Labute approximate surface area is 116 Å². The molecule has 0 saturated heterocycles. The van der Waals surface area contributed by atoms with Crippen LogP contribution >= 0.6 is 0 Å². The molecule has 2 rings (SSSR count). The van der Waals surface area contributed by atoms with Crippen LogP contribution in [0.4, 0.5) is 5.69 Å². The maximum atomic E-state index is 12.2. The highest BCUT2D eigenvalue weighted by molar-refractivity contribution is 7.84. The number of nitrogens with zero attached hydrogens (tertiary/aromatic N) is 2. The number of nitrogens with two attached hydrogens (primary N) is 1. The molecule has 2 N–H and O–H groups in total. The second kappa shape index (κ2) is 6.02. The number of anilines is 1. The number of aromatic nitrogens is 2. The van der Waals surface area contributed by atoms with Crippen molar-refractivity contribution in [1.82, 2.24) is 9.78 Å². The summed E-state index contributed by atoms with van der Waals surface area (Å²) in [6, 6.07) is 9.49. The van der Waals surface area contributed by atoms with Crippen molar-refractivity contribution in [3.63, 3.8) is 0 Å². The predicted molar refractivity (Wildman–Crippen MR) is 78.2 cm³/mol. The van der Waals surface area contributed by atoms with Crippen LogP contribution in [-0.4, -0.2) is 14.0 Å². The first-order chi connectivity index (χ1) is 9.10. The SMILES string of the molecule is CCC(C)n1ccc(CS(=O)c2cccc(N)c2)n1. The molecule has 1 heterocycles. The van der Waals surface area contributed by atoms with Gasteiger partial charge in [-0.1, -0.05) is 13.0 Å². The zero-order chi connectivity index (χ0) is 13.8. The monoisotopic (exact) mass is 277 g/mol. The Balaban J connectivity index is 2.09. The van der Waals surface area contributed by atoms with Crippen LogP contribution in [0, 0.1) is 0 Å². The molecule has 1 aromatic carbocycles. The van der Waals surface area contributed by atoms with E-state index in [2.05, 4.69) is 18.9 Å². The minimum Gasteiger partial charge on any atom is -0.399 e. The molecule has 0 radical (unpaired) electrons. The molecule has 0 bridgehead atoms. The van der Waals surface area contributed by atoms with Gasteiger partial charge in [-0.2, -0.15) is 5.10 Å². The standard InChI is InChI=1S/C14H19N3OS/c1-3-11(2)17-8-7-13(16-17)10-19(18)14-6-4-5-12(15)9-14/h4-9,11H,3,10,15H2,1-2H3. The third-order valence-corrected chi connectivity index (χ3v) is 4.44. The van der Waals surface area contributed by atoms with Crippen LogP contribution in [0.15, 0.2) is 41.4 Å². The maximum absolute atomic E-state index is 12.2. The molecule has 0 fully saturated rings. The van der Waals surface area contributed by atoms with Crippen LogP contribution in [0.3, 0.4) is 0 Å². The highest BCUT2D eigenvalue weighted by atomic mass is 32.2. The van der Waals surface area contributed by atoms with Gasteiger partial charge in [0.1, 0.15) is 0 Å². The van der Waals surface area contributed by atoms with Crippen LogP contribution in [0.1, 0.15) is 32.0 Å². The molecule has 2 aromatic rings. The molecular weight excluding hydrogens is 258 g/mol. The zero-order valence-electron chi connectivity index (χ0n) is 11.2. The summed E-state index contributed by atoms with van der Waals surface area (Å²) in [4.78, 5) is 0.748. The van der Waals surface area contributed by atoms with Gasteiger partial charge in [0.15, 0.2) is 0 Å². The molecule has 0 spiro atoms. The Morgan fingerprint density at radius 2 is 2.21 bits per heavy atom. The van der Waals surface area contributed by atoms with Crippen molar-refractivity contribution >= 4 is 16.5 Å². The van der Waals surface area contributed by atoms with E-state index < -0.39 is 10.8 Å². The molecule has 2 unspecified atom stereocenters. The van der Waals surface area contributed by atoms with Crippen molar-refractivity contribution < 1.29 is 4.21 Å². The van der Waals surface area contributed by atoms with Gasteiger partial charge in [-0.05, 0) is 37.6 Å². The lowest BCUT2D eigenvalue weighted by Crippen LogP contribution is -2.05. The molecule has 4 nitrogen and oxygen atoms in total. The van der Waals surface area contributed by atoms with Crippen molar-refractivity contribution in [3.05, 3.63) is 42.2 Å². The van der Waals surface area contributed by atoms with Crippen LogP contribution in [0.5, 0.6) is 0 Å². The Morgan fingerprint density at radius 3 is 2.89 bits per heavy atom. The fourth-order valence-electron chi connectivity index (χ4n) is 1.76. The summed E-state index contributed by atoms with van der Waals surface area (Å²) >= 11 is 0. The predicted octanol–water partition coefficient (Wildman–Crippen LogP) is 2.74. The first-order valence-corrected chi connectivity index (χ1v) is 7.70. The Morgan fingerprint density at radius 1 is 1.42 bits per heavy atom. The van der Waals surface area contributed by atoms with Crippen LogP contribution in [-0.2, 0) is 16.6 Å². The number of hydrogen-bond donors (Lipinski definition) is 1. The molecule has 0 aliphatic carbocycles. The van der Waals surface area contributed by atoms with Crippen molar-refractivity contribution in [2.24, 2.45) is 0 Å². The highest BCUT2D eigenvalue weighted by Crippen LogP contribution is 2.15. The lowest BCUT2D eigenvalue weighted by Gasteiger charge is -2.08. The second-order valence-corrected chi connectivity index (χ2v) is 6.06.